The van der Waals surface area contributed by atoms with Gasteiger partial charge < -0.3 is 19.7 Å². The van der Waals surface area contributed by atoms with E-state index in [0.717, 1.165) is 38.8 Å². The molecule has 0 unspecified atom stereocenters. The third-order valence-corrected chi connectivity index (χ3v) is 5.16. The van der Waals surface area contributed by atoms with Gasteiger partial charge in [-0.05, 0) is 62.8 Å². The van der Waals surface area contributed by atoms with Crippen LogP contribution in [0.2, 0.25) is 0 Å². The minimum atomic E-state index is -0.780. The highest BCUT2D eigenvalue weighted by Crippen LogP contribution is 2.42. The van der Waals surface area contributed by atoms with Gasteiger partial charge in [0.05, 0.1) is 0 Å². The maximum absolute atomic E-state index is 12.5. The fourth-order valence-electron chi connectivity index (χ4n) is 3.17. The molecular formula is C19H26N2O4. The molecule has 136 valence electrons. The number of benzene rings is 1. The Morgan fingerprint density at radius 3 is 2.40 bits per heavy atom. The molecule has 6 heteroatoms. The molecule has 1 aromatic carbocycles. The summed E-state index contributed by atoms with van der Waals surface area (Å²) >= 11 is 0. The molecule has 0 bridgehead atoms. The third-order valence-electron chi connectivity index (χ3n) is 5.16. The van der Waals surface area contributed by atoms with Crippen molar-refractivity contribution in [3.05, 3.63) is 24.3 Å². The van der Waals surface area contributed by atoms with Crippen LogP contribution in [0.3, 0.4) is 0 Å². The molecule has 1 N–H and O–H groups in total. The quantitative estimate of drug-likeness (QED) is 0.823. The van der Waals surface area contributed by atoms with Gasteiger partial charge in [0.15, 0.2) is 6.61 Å². The number of carbonyl (C=O) groups excluding carboxylic acids is 2. The first-order valence-corrected chi connectivity index (χ1v) is 8.90. The summed E-state index contributed by atoms with van der Waals surface area (Å²) in [6.45, 7) is 3.54. The Hall–Kier alpha value is -2.08. The van der Waals surface area contributed by atoms with Gasteiger partial charge in [0, 0.05) is 25.9 Å². The Morgan fingerprint density at radius 1 is 1.20 bits per heavy atom. The van der Waals surface area contributed by atoms with Crippen LogP contribution in [0, 0.1) is 5.92 Å². The Balaban J connectivity index is 1.51. The van der Waals surface area contributed by atoms with E-state index < -0.39 is 5.60 Å². The number of rotatable bonds is 7. The number of hydrogen-bond donors (Lipinski definition) is 1. The molecule has 2 fully saturated rings. The first kappa shape index (κ1) is 17.7. The average molecular weight is 346 g/mol. The summed E-state index contributed by atoms with van der Waals surface area (Å²) in [7, 11) is 1.58. The van der Waals surface area contributed by atoms with Crippen LogP contribution < -0.4 is 10.1 Å². The van der Waals surface area contributed by atoms with Gasteiger partial charge in [-0.3, -0.25) is 9.59 Å². The highest BCUT2D eigenvalue weighted by molar-refractivity contribution is 5.97. The summed E-state index contributed by atoms with van der Waals surface area (Å²) in [5.41, 5.74) is -0.0933. The molecule has 1 saturated carbocycles. The molecule has 3 rings (SSSR count). The predicted molar refractivity (Wildman–Crippen MR) is 94.5 cm³/mol. The van der Waals surface area contributed by atoms with Crippen LogP contribution in [0.4, 0.5) is 5.69 Å². The normalized spacial score (nSPS) is 19.4. The topological polar surface area (TPSA) is 67.9 Å². The highest BCUT2D eigenvalue weighted by atomic mass is 16.5. The lowest BCUT2D eigenvalue weighted by molar-refractivity contribution is -0.138. The predicted octanol–water partition coefficient (Wildman–Crippen LogP) is 2.44. The molecule has 25 heavy (non-hydrogen) atoms. The summed E-state index contributed by atoms with van der Waals surface area (Å²) in [6, 6.07) is 7.06. The number of anilines is 1. The van der Waals surface area contributed by atoms with Crippen molar-refractivity contribution in [3.63, 3.8) is 0 Å². The van der Waals surface area contributed by atoms with Crippen LogP contribution in [-0.4, -0.2) is 49.1 Å². The molecule has 2 aliphatic rings. The molecule has 1 saturated heterocycles. The smallest absolute Gasteiger partial charge is 0.260 e. The number of methoxy groups -OCH3 is 1. The third kappa shape index (κ3) is 4.12. The van der Waals surface area contributed by atoms with E-state index in [4.69, 9.17) is 9.47 Å². The van der Waals surface area contributed by atoms with Crippen LogP contribution >= 0.6 is 0 Å². The summed E-state index contributed by atoms with van der Waals surface area (Å²) in [5.74, 6) is 0.796. The largest absolute Gasteiger partial charge is 0.484 e. The second-order valence-electron chi connectivity index (χ2n) is 6.94. The SMILES string of the molecule is CO[C@](C)(C(=O)Nc1ccc(OCC(=O)N2CCCC2)cc1)C1CC1. The molecule has 1 atom stereocenters. The highest BCUT2D eigenvalue weighted by Gasteiger charge is 2.47. The second-order valence-corrected chi connectivity index (χ2v) is 6.94. The summed E-state index contributed by atoms with van der Waals surface area (Å²) in [6.07, 6.45) is 4.19. The molecule has 2 amide bonds. The van der Waals surface area contributed by atoms with Crippen molar-refractivity contribution in [2.75, 3.05) is 32.1 Å². The average Bonchev–Trinajstić information content (AvgIpc) is 3.35. The number of nitrogens with one attached hydrogen (secondary N) is 1. The van der Waals surface area contributed by atoms with Gasteiger partial charge >= 0.3 is 0 Å². The van der Waals surface area contributed by atoms with Gasteiger partial charge in [-0.1, -0.05) is 0 Å². The van der Waals surface area contributed by atoms with Crippen molar-refractivity contribution in [1.29, 1.82) is 0 Å². The Bertz CT molecular complexity index is 621. The molecule has 1 heterocycles. The van der Waals surface area contributed by atoms with Crippen molar-refractivity contribution < 1.29 is 19.1 Å². The Morgan fingerprint density at radius 2 is 1.84 bits per heavy atom. The number of ether oxygens (including phenoxy) is 2. The van der Waals surface area contributed by atoms with Crippen LogP contribution in [0.25, 0.3) is 0 Å². The molecule has 1 aromatic rings. The lowest BCUT2D eigenvalue weighted by Gasteiger charge is -2.26. The van der Waals surface area contributed by atoms with Crippen molar-refractivity contribution in [2.24, 2.45) is 5.92 Å². The van der Waals surface area contributed by atoms with Crippen LogP contribution in [0.15, 0.2) is 24.3 Å². The molecular weight excluding hydrogens is 320 g/mol. The van der Waals surface area contributed by atoms with E-state index in [-0.39, 0.29) is 24.3 Å². The zero-order valence-corrected chi connectivity index (χ0v) is 14.9. The first-order chi connectivity index (χ1) is 12.0. The Kier molecular flexibility index (Phi) is 5.27. The lowest BCUT2D eigenvalue weighted by Crippen LogP contribution is -2.44. The van der Waals surface area contributed by atoms with Gasteiger partial charge in [-0.2, -0.15) is 0 Å². The van der Waals surface area contributed by atoms with Gasteiger partial charge in [0.25, 0.3) is 11.8 Å². The zero-order valence-electron chi connectivity index (χ0n) is 14.9. The van der Waals surface area contributed by atoms with Crippen LogP contribution in [-0.2, 0) is 14.3 Å². The van der Waals surface area contributed by atoms with Crippen LogP contribution in [0.5, 0.6) is 5.75 Å². The minimum Gasteiger partial charge on any atom is -0.484 e. The van der Waals surface area contributed by atoms with Gasteiger partial charge in [0.2, 0.25) is 0 Å². The fraction of sp³-hybridized carbons (Fsp3) is 0.579. The number of likely N-dealkylation sites (tertiary alicyclic amines) is 1. The Labute approximate surface area is 148 Å². The maximum atomic E-state index is 12.5. The number of hydrogen-bond acceptors (Lipinski definition) is 4. The van der Waals surface area contributed by atoms with E-state index in [1.54, 1.807) is 31.4 Å². The van der Waals surface area contributed by atoms with Crippen molar-refractivity contribution in [3.8, 4) is 5.75 Å². The standard InChI is InChI=1S/C19H26N2O4/c1-19(24-2,14-5-6-14)18(23)20-15-7-9-16(10-8-15)25-13-17(22)21-11-3-4-12-21/h7-10,14H,3-6,11-13H2,1-2H3,(H,20,23)/t19-/m0/s1. The number of nitrogens with zero attached hydrogens (tertiary/aromatic N) is 1. The molecule has 0 aromatic heterocycles. The van der Waals surface area contributed by atoms with Gasteiger partial charge in [0.1, 0.15) is 11.4 Å². The number of carbonyl (C=O) groups is 2. The molecule has 0 spiro atoms. The monoisotopic (exact) mass is 346 g/mol. The van der Waals surface area contributed by atoms with E-state index in [0.29, 0.717) is 11.4 Å². The summed E-state index contributed by atoms with van der Waals surface area (Å²) in [5, 5.41) is 2.90. The van der Waals surface area contributed by atoms with E-state index >= 15 is 0 Å². The summed E-state index contributed by atoms with van der Waals surface area (Å²) in [4.78, 5) is 26.3. The second kappa shape index (κ2) is 7.44. The van der Waals surface area contributed by atoms with Crippen molar-refractivity contribution in [1.82, 2.24) is 4.90 Å². The number of amides is 2. The molecule has 1 aliphatic carbocycles. The van der Waals surface area contributed by atoms with Crippen LogP contribution in [0.1, 0.15) is 32.6 Å². The maximum Gasteiger partial charge on any atom is 0.260 e. The van der Waals surface area contributed by atoms with E-state index in [1.807, 2.05) is 11.8 Å². The van der Waals surface area contributed by atoms with Crippen molar-refractivity contribution >= 4 is 17.5 Å². The molecule has 0 radical (unpaired) electrons. The first-order valence-electron chi connectivity index (χ1n) is 8.90. The van der Waals surface area contributed by atoms with E-state index in [2.05, 4.69) is 5.32 Å². The van der Waals surface area contributed by atoms with E-state index in [9.17, 15) is 9.59 Å². The summed E-state index contributed by atoms with van der Waals surface area (Å²) < 4.78 is 11.0. The lowest BCUT2D eigenvalue weighted by atomic mass is 9.99. The van der Waals surface area contributed by atoms with Gasteiger partial charge in [-0.15, -0.1) is 0 Å². The van der Waals surface area contributed by atoms with Gasteiger partial charge in [-0.25, -0.2) is 0 Å². The molecule has 6 nitrogen and oxygen atoms in total. The van der Waals surface area contributed by atoms with E-state index in [1.165, 1.54) is 0 Å². The minimum absolute atomic E-state index is 0.0233. The zero-order chi connectivity index (χ0) is 17.9. The fourth-order valence-corrected chi connectivity index (χ4v) is 3.17. The van der Waals surface area contributed by atoms with Crippen molar-refractivity contribution in [2.45, 2.75) is 38.2 Å². The molecule has 1 aliphatic heterocycles.